The molecule has 0 bridgehead atoms. The van der Waals surface area contributed by atoms with Gasteiger partial charge in [0, 0.05) is 17.7 Å². The minimum Gasteiger partial charge on any atom is -0.481 e. The lowest BCUT2D eigenvalue weighted by molar-refractivity contribution is -0.384. The number of nitrogens with zero attached hydrogens (tertiary/aromatic N) is 1. The lowest BCUT2D eigenvalue weighted by atomic mass is 10.2. The average Bonchev–Trinajstić information content (AvgIpc) is 2.60. The lowest BCUT2D eigenvalue weighted by Crippen LogP contribution is -2.47. The van der Waals surface area contributed by atoms with Crippen LogP contribution in [-0.4, -0.2) is 22.8 Å². The van der Waals surface area contributed by atoms with Crippen LogP contribution >= 0.6 is 0 Å². The van der Waals surface area contributed by atoms with Gasteiger partial charge in [0.15, 0.2) is 6.10 Å². The number of nitro benzene ring substituents is 1. The van der Waals surface area contributed by atoms with E-state index in [1.165, 1.54) is 31.2 Å². The zero-order valence-electron chi connectivity index (χ0n) is 12.8. The minimum absolute atomic E-state index is 0.0745. The van der Waals surface area contributed by atoms with Crippen LogP contribution in [0.15, 0.2) is 54.6 Å². The SMILES string of the molecule is C[C@H](Oc1ccc([N+](=O)[O-])cc1)C(=O)NNC(=O)c1ccccc1. The molecule has 0 saturated heterocycles. The Kier molecular flexibility index (Phi) is 5.45. The van der Waals surface area contributed by atoms with E-state index < -0.39 is 22.8 Å². The van der Waals surface area contributed by atoms with Gasteiger partial charge in [-0.1, -0.05) is 18.2 Å². The summed E-state index contributed by atoms with van der Waals surface area (Å²) in [6, 6.07) is 13.7. The molecule has 0 saturated carbocycles. The van der Waals surface area contributed by atoms with E-state index in [1.54, 1.807) is 30.3 Å². The highest BCUT2D eigenvalue weighted by Gasteiger charge is 2.16. The topological polar surface area (TPSA) is 111 Å². The molecule has 0 aliphatic carbocycles. The smallest absolute Gasteiger partial charge is 0.279 e. The second-order valence-electron chi connectivity index (χ2n) is 4.82. The molecule has 0 aliphatic heterocycles. The first-order valence-electron chi connectivity index (χ1n) is 7.03. The number of amides is 2. The Hall–Kier alpha value is -3.42. The molecule has 8 heteroatoms. The molecule has 0 spiro atoms. The van der Waals surface area contributed by atoms with E-state index in [2.05, 4.69) is 10.9 Å². The highest BCUT2D eigenvalue weighted by atomic mass is 16.6. The summed E-state index contributed by atoms with van der Waals surface area (Å²) in [5.41, 5.74) is 4.87. The van der Waals surface area contributed by atoms with Crippen LogP contribution in [0.3, 0.4) is 0 Å². The summed E-state index contributed by atoms with van der Waals surface area (Å²) in [4.78, 5) is 33.7. The van der Waals surface area contributed by atoms with E-state index in [1.807, 2.05) is 0 Å². The largest absolute Gasteiger partial charge is 0.481 e. The molecule has 0 aliphatic rings. The van der Waals surface area contributed by atoms with E-state index in [9.17, 15) is 19.7 Å². The summed E-state index contributed by atoms with van der Waals surface area (Å²) < 4.78 is 5.36. The van der Waals surface area contributed by atoms with E-state index in [0.717, 1.165) is 0 Å². The first-order chi connectivity index (χ1) is 11.5. The maximum atomic E-state index is 11.9. The van der Waals surface area contributed by atoms with Crippen molar-refractivity contribution in [1.82, 2.24) is 10.9 Å². The monoisotopic (exact) mass is 329 g/mol. The van der Waals surface area contributed by atoms with Gasteiger partial charge in [-0.15, -0.1) is 0 Å². The molecule has 8 nitrogen and oxygen atoms in total. The molecule has 2 aromatic rings. The fourth-order valence-corrected chi connectivity index (χ4v) is 1.79. The van der Waals surface area contributed by atoms with Crippen molar-refractivity contribution in [2.24, 2.45) is 0 Å². The molecule has 124 valence electrons. The molecule has 2 rings (SSSR count). The average molecular weight is 329 g/mol. The Morgan fingerprint density at radius 2 is 1.67 bits per heavy atom. The number of non-ortho nitro benzene ring substituents is 1. The van der Waals surface area contributed by atoms with Crippen molar-refractivity contribution in [3.63, 3.8) is 0 Å². The number of hydrazine groups is 1. The third-order valence-electron chi connectivity index (χ3n) is 3.06. The number of ether oxygens (including phenoxy) is 1. The number of carbonyl (C=O) groups excluding carboxylic acids is 2. The summed E-state index contributed by atoms with van der Waals surface area (Å²) in [5.74, 6) is -0.707. The molecular weight excluding hydrogens is 314 g/mol. The van der Waals surface area contributed by atoms with Gasteiger partial charge in [0.05, 0.1) is 4.92 Å². The fourth-order valence-electron chi connectivity index (χ4n) is 1.79. The minimum atomic E-state index is -0.900. The van der Waals surface area contributed by atoms with Crippen molar-refractivity contribution >= 4 is 17.5 Å². The van der Waals surface area contributed by atoms with Crippen molar-refractivity contribution in [3.05, 3.63) is 70.3 Å². The summed E-state index contributed by atoms with van der Waals surface area (Å²) >= 11 is 0. The van der Waals surface area contributed by atoms with Crippen molar-refractivity contribution in [3.8, 4) is 5.75 Å². The zero-order valence-corrected chi connectivity index (χ0v) is 12.8. The van der Waals surface area contributed by atoms with Gasteiger partial charge in [-0.05, 0) is 31.2 Å². The third-order valence-corrected chi connectivity index (χ3v) is 3.06. The highest BCUT2D eigenvalue weighted by molar-refractivity contribution is 5.95. The summed E-state index contributed by atoms with van der Waals surface area (Å²) in [6.45, 7) is 1.49. The molecule has 0 radical (unpaired) electrons. The normalized spacial score (nSPS) is 11.2. The van der Waals surface area contributed by atoms with Crippen molar-refractivity contribution < 1.29 is 19.2 Å². The second kappa shape index (κ2) is 7.73. The molecule has 2 amide bonds. The first-order valence-corrected chi connectivity index (χ1v) is 7.03. The van der Waals surface area contributed by atoms with Gasteiger partial charge < -0.3 is 4.74 Å². The quantitative estimate of drug-likeness (QED) is 0.642. The number of rotatable bonds is 5. The van der Waals surface area contributed by atoms with Gasteiger partial charge in [-0.3, -0.25) is 30.6 Å². The van der Waals surface area contributed by atoms with Crippen LogP contribution in [0.1, 0.15) is 17.3 Å². The molecule has 2 N–H and O–H groups in total. The maximum absolute atomic E-state index is 11.9. The predicted molar refractivity (Wildman–Crippen MR) is 85.2 cm³/mol. The Morgan fingerprint density at radius 1 is 1.04 bits per heavy atom. The Morgan fingerprint density at radius 3 is 2.25 bits per heavy atom. The maximum Gasteiger partial charge on any atom is 0.279 e. The van der Waals surface area contributed by atoms with Gasteiger partial charge in [0.25, 0.3) is 17.5 Å². The number of carbonyl (C=O) groups is 2. The van der Waals surface area contributed by atoms with Crippen LogP contribution in [0.25, 0.3) is 0 Å². The molecular formula is C16H15N3O5. The summed E-state index contributed by atoms with van der Waals surface area (Å²) in [6.07, 6.45) is -0.900. The van der Waals surface area contributed by atoms with Crippen molar-refractivity contribution in [2.75, 3.05) is 0 Å². The third kappa shape index (κ3) is 4.54. The summed E-state index contributed by atoms with van der Waals surface area (Å²) in [5, 5.41) is 10.6. The number of hydrogen-bond donors (Lipinski definition) is 2. The van der Waals surface area contributed by atoms with Crippen LogP contribution in [-0.2, 0) is 4.79 Å². The van der Waals surface area contributed by atoms with Gasteiger partial charge in [-0.25, -0.2) is 0 Å². The Bertz CT molecular complexity index is 731. The van der Waals surface area contributed by atoms with Crippen LogP contribution in [0.2, 0.25) is 0 Å². The van der Waals surface area contributed by atoms with Crippen LogP contribution in [0.4, 0.5) is 5.69 Å². The standard InChI is InChI=1S/C16H15N3O5/c1-11(24-14-9-7-13(8-10-14)19(22)23)15(20)17-18-16(21)12-5-3-2-4-6-12/h2-11H,1H3,(H,17,20)(H,18,21)/t11-/m0/s1. The Labute approximate surface area is 137 Å². The number of nitrogens with one attached hydrogen (secondary N) is 2. The molecule has 0 unspecified atom stereocenters. The van der Waals surface area contributed by atoms with Crippen molar-refractivity contribution in [1.29, 1.82) is 0 Å². The van der Waals surface area contributed by atoms with E-state index in [0.29, 0.717) is 11.3 Å². The molecule has 0 heterocycles. The zero-order chi connectivity index (χ0) is 17.5. The van der Waals surface area contributed by atoms with Gasteiger partial charge >= 0.3 is 0 Å². The second-order valence-corrected chi connectivity index (χ2v) is 4.82. The van der Waals surface area contributed by atoms with Crippen LogP contribution in [0.5, 0.6) is 5.75 Å². The molecule has 24 heavy (non-hydrogen) atoms. The number of nitro groups is 1. The van der Waals surface area contributed by atoms with E-state index in [-0.39, 0.29) is 5.69 Å². The molecule has 0 aromatic heterocycles. The molecule has 1 atom stereocenters. The first kappa shape index (κ1) is 16.9. The lowest BCUT2D eigenvalue weighted by Gasteiger charge is -2.15. The van der Waals surface area contributed by atoms with Gasteiger partial charge in [0.2, 0.25) is 0 Å². The van der Waals surface area contributed by atoms with E-state index in [4.69, 9.17) is 4.74 Å². The highest BCUT2D eigenvalue weighted by Crippen LogP contribution is 2.18. The predicted octanol–water partition coefficient (Wildman–Crippen LogP) is 1.82. The van der Waals surface area contributed by atoms with E-state index >= 15 is 0 Å². The number of benzene rings is 2. The molecule has 0 fully saturated rings. The summed E-state index contributed by atoms with van der Waals surface area (Å²) in [7, 11) is 0. The van der Waals surface area contributed by atoms with Crippen LogP contribution < -0.4 is 15.6 Å². The van der Waals surface area contributed by atoms with Crippen molar-refractivity contribution in [2.45, 2.75) is 13.0 Å². The van der Waals surface area contributed by atoms with Gasteiger partial charge in [-0.2, -0.15) is 0 Å². The number of hydrogen-bond acceptors (Lipinski definition) is 5. The molecule has 2 aromatic carbocycles. The Balaban J connectivity index is 1.85. The van der Waals surface area contributed by atoms with Gasteiger partial charge in [0.1, 0.15) is 5.75 Å². The fraction of sp³-hybridized carbons (Fsp3) is 0.125. The van der Waals surface area contributed by atoms with Crippen LogP contribution in [0, 0.1) is 10.1 Å².